The molecule has 1 fully saturated rings. The van der Waals surface area contributed by atoms with Crippen molar-refractivity contribution in [3.05, 3.63) is 60.8 Å². The van der Waals surface area contributed by atoms with Crippen molar-refractivity contribution < 1.29 is 4.79 Å². The van der Waals surface area contributed by atoms with Crippen LogP contribution < -0.4 is 5.32 Å². The van der Waals surface area contributed by atoms with Crippen LogP contribution in [0.5, 0.6) is 0 Å². The molecule has 1 aliphatic rings. The van der Waals surface area contributed by atoms with Gasteiger partial charge < -0.3 is 5.32 Å². The molecule has 5 rings (SSSR count). The molecular formula is C20H18N6O. The highest BCUT2D eigenvalue weighted by atomic mass is 16.1. The van der Waals surface area contributed by atoms with Gasteiger partial charge in [-0.25, -0.2) is 9.50 Å². The van der Waals surface area contributed by atoms with Crippen molar-refractivity contribution in [2.45, 2.75) is 18.9 Å². The van der Waals surface area contributed by atoms with Crippen molar-refractivity contribution in [2.75, 3.05) is 0 Å². The van der Waals surface area contributed by atoms with E-state index in [1.165, 1.54) is 0 Å². The van der Waals surface area contributed by atoms with Crippen LogP contribution in [-0.2, 0) is 7.05 Å². The van der Waals surface area contributed by atoms with Crippen molar-refractivity contribution in [3.63, 3.8) is 0 Å². The number of carbonyl (C=O) groups is 1. The van der Waals surface area contributed by atoms with Crippen LogP contribution in [0.2, 0.25) is 0 Å². The van der Waals surface area contributed by atoms with Crippen LogP contribution in [0, 0.1) is 0 Å². The second kappa shape index (κ2) is 6.05. The number of benzene rings is 1. The Balaban J connectivity index is 1.45. The largest absolute Gasteiger partial charge is 0.349 e. The van der Waals surface area contributed by atoms with Crippen LogP contribution in [0.4, 0.5) is 0 Å². The Morgan fingerprint density at radius 1 is 1.00 bits per heavy atom. The lowest BCUT2D eigenvalue weighted by atomic mass is 10.1. The van der Waals surface area contributed by atoms with E-state index < -0.39 is 0 Å². The normalized spacial score (nSPS) is 13.8. The van der Waals surface area contributed by atoms with E-state index in [2.05, 4.69) is 20.5 Å². The van der Waals surface area contributed by atoms with E-state index in [9.17, 15) is 4.79 Å². The maximum absolute atomic E-state index is 12.1. The number of hydrogen-bond donors (Lipinski definition) is 1. The SMILES string of the molecule is Cn1cc(-c2cnc3c(-c4ccc(C(=O)NC5CC5)cc4)cnn3c2)cn1. The Hall–Kier alpha value is -3.48. The Kier molecular flexibility index (Phi) is 3.53. The number of nitrogens with zero attached hydrogens (tertiary/aromatic N) is 5. The van der Waals surface area contributed by atoms with Gasteiger partial charge in [-0.1, -0.05) is 12.1 Å². The van der Waals surface area contributed by atoms with E-state index in [1.54, 1.807) is 21.6 Å². The maximum Gasteiger partial charge on any atom is 0.251 e. The Morgan fingerprint density at radius 3 is 2.48 bits per heavy atom. The summed E-state index contributed by atoms with van der Waals surface area (Å²) in [6, 6.07) is 7.93. The zero-order valence-corrected chi connectivity index (χ0v) is 14.8. The highest BCUT2D eigenvalue weighted by Gasteiger charge is 2.23. The molecule has 0 aliphatic heterocycles. The third kappa shape index (κ3) is 2.97. The first-order valence-electron chi connectivity index (χ1n) is 8.91. The van der Waals surface area contributed by atoms with Gasteiger partial charge in [0.05, 0.1) is 12.4 Å². The van der Waals surface area contributed by atoms with E-state index in [1.807, 2.05) is 49.9 Å². The molecule has 1 aromatic carbocycles. The van der Waals surface area contributed by atoms with Gasteiger partial charge >= 0.3 is 0 Å². The van der Waals surface area contributed by atoms with E-state index in [-0.39, 0.29) is 5.91 Å². The average molecular weight is 358 g/mol. The van der Waals surface area contributed by atoms with Crippen LogP contribution in [0.3, 0.4) is 0 Å². The lowest BCUT2D eigenvalue weighted by Crippen LogP contribution is -2.25. The molecular weight excluding hydrogens is 340 g/mol. The summed E-state index contributed by atoms with van der Waals surface area (Å²) in [5.74, 6) is -0.0110. The topological polar surface area (TPSA) is 77.1 Å². The molecule has 7 heteroatoms. The van der Waals surface area contributed by atoms with Gasteiger partial charge in [-0.15, -0.1) is 0 Å². The van der Waals surface area contributed by atoms with Crippen molar-refractivity contribution >= 4 is 11.6 Å². The minimum atomic E-state index is -0.0110. The van der Waals surface area contributed by atoms with E-state index in [4.69, 9.17) is 0 Å². The minimum Gasteiger partial charge on any atom is -0.349 e. The van der Waals surface area contributed by atoms with Gasteiger partial charge in [0, 0.05) is 53.9 Å². The summed E-state index contributed by atoms with van der Waals surface area (Å²) in [6.45, 7) is 0. The predicted molar refractivity (Wildman–Crippen MR) is 101 cm³/mol. The highest BCUT2D eigenvalue weighted by Crippen LogP contribution is 2.26. The average Bonchev–Trinajstić information content (AvgIpc) is 3.23. The molecule has 1 aliphatic carbocycles. The number of amides is 1. The summed E-state index contributed by atoms with van der Waals surface area (Å²) in [6.07, 6.45) is 11.5. The fourth-order valence-corrected chi connectivity index (χ4v) is 3.10. The van der Waals surface area contributed by atoms with Crippen LogP contribution in [0.15, 0.2) is 55.2 Å². The van der Waals surface area contributed by atoms with Gasteiger partial charge in [0.25, 0.3) is 5.91 Å². The number of aromatic nitrogens is 5. The first-order chi connectivity index (χ1) is 13.2. The molecule has 134 valence electrons. The molecule has 0 bridgehead atoms. The number of rotatable bonds is 4. The Morgan fingerprint density at radius 2 is 1.78 bits per heavy atom. The molecule has 0 spiro atoms. The summed E-state index contributed by atoms with van der Waals surface area (Å²) < 4.78 is 3.53. The molecule has 7 nitrogen and oxygen atoms in total. The fraction of sp³-hybridized carbons (Fsp3) is 0.200. The third-order valence-corrected chi connectivity index (χ3v) is 4.77. The summed E-state index contributed by atoms with van der Waals surface area (Å²) in [4.78, 5) is 16.7. The van der Waals surface area contributed by atoms with E-state index in [0.29, 0.717) is 11.6 Å². The van der Waals surface area contributed by atoms with E-state index in [0.717, 1.165) is 40.7 Å². The van der Waals surface area contributed by atoms with Gasteiger partial charge in [-0.05, 0) is 30.5 Å². The zero-order valence-electron chi connectivity index (χ0n) is 14.8. The monoisotopic (exact) mass is 358 g/mol. The number of hydrogen-bond acceptors (Lipinski definition) is 4. The van der Waals surface area contributed by atoms with Gasteiger partial charge in [0.2, 0.25) is 0 Å². The molecule has 3 heterocycles. The molecule has 1 amide bonds. The Labute approximate surface area is 155 Å². The summed E-state index contributed by atoms with van der Waals surface area (Å²) in [5, 5.41) is 11.6. The highest BCUT2D eigenvalue weighted by molar-refractivity contribution is 5.95. The minimum absolute atomic E-state index is 0.0110. The van der Waals surface area contributed by atoms with Crippen LogP contribution >= 0.6 is 0 Å². The number of nitrogens with one attached hydrogen (secondary N) is 1. The molecule has 27 heavy (non-hydrogen) atoms. The third-order valence-electron chi connectivity index (χ3n) is 4.77. The fourth-order valence-electron chi connectivity index (χ4n) is 3.10. The molecule has 1 saturated carbocycles. The first kappa shape index (κ1) is 15.7. The zero-order chi connectivity index (χ0) is 18.4. The number of carbonyl (C=O) groups excluding carboxylic acids is 1. The molecule has 0 radical (unpaired) electrons. The Bertz CT molecular complexity index is 1140. The van der Waals surface area contributed by atoms with Crippen LogP contribution in [0.25, 0.3) is 27.9 Å². The predicted octanol–water partition coefficient (Wildman–Crippen LogP) is 2.69. The summed E-state index contributed by atoms with van der Waals surface area (Å²) >= 11 is 0. The van der Waals surface area contributed by atoms with Crippen molar-refractivity contribution in [2.24, 2.45) is 7.05 Å². The lowest BCUT2D eigenvalue weighted by molar-refractivity contribution is 0.0951. The first-order valence-corrected chi connectivity index (χ1v) is 8.91. The second-order valence-electron chi connectivity index (χ2n) is 6.90. The van der Waals surface area contributed by atoms with Crippen molar-refractivity contribution in [1.82, 2.24) is 29.7 Å². The van der Waals surface area contributed by atoms with Crippen LogP contribution in [0.1, 0.15) is 23.2 Å². The second-order valence-corrected chi connectivity index (χ2v) is 6.90. The van der Waals surface area contributed by atoms with Gasteiger partial charge in [0.1, 0.15) is 0 Å². The summed E-state index contributed by atoms with van der Waals surface area (Å²) in [7, 11) is 1.88. The quantitative estimate of drug-likeness (QED) is 0.608. The number of aryl methyl sites for hydroxylation is 1. The van der Waals surface area contributed by atoms with Crippen molar-refractivity contribution in [1.29, 1.82) is 0 Å². The van der Waals surface area contributed by atoms with Crippen LogP contribution in [-0.4, -0.2) is 36.3 Å². The lowest BCUT2D eigenvalue weighted by Gasteiger charge is -2.05. The standard InChI is InChI=1S/C20H18N6O/c1-25-11-16(9-22-25)15-8-21-19-18(10-23-26(19)12-15)13-2-4-14(5-3-13)20(27)24-17-6-7-17/h2-5,8-12,17H,6-7H2,1H3,(H,24,27). The molecule has 3 aromatic heterocycles. The smallest absolute Gasteiger partial charge is 0.251 e. The van der Waals surface area contributed by atoms with Gasteiger partial charge in [0.15, 0.2) is 5.65 Å². The molecule has 4 aromatic rings. The summed E-state index contributed by atoms with van der Waals surface area (Å²) in [5.41, 5.74) is 5.32. The van der Waals surface area contributed by atoms with Gasteiger partial charge in [-0.3, -0.25) is 9.48 Å². The molecule has 0 unspecified atom stereocenters. The van der Waals surface area contributed by atoms with Crippen molar-refractivity contribution in [3.8, 4) is 22.3 Å². The maximum atomic E-state index is 12.1. The molecule has 1 N–H and O–H groups in total. The van der Waals surface area contributed by atoms with Gasteiger partial charge in [-0.2, -0.15) is 10.2 Å². The number of fused-ring (bicyclic) bond motifs is 1. The molecule has 0 atom stereocenters. The van der Waals surface area contributed by atoms with E-state index >= 15 is 0 Å². The molecule has 0 saturated heterocycles.